The van der Waals surface area contributed by atoms with Crippen LogP contribution in [0.4, 0.5) is 5.69 Å². The van der Waals surface area contributed by atoms with E-state index in [9.17, 15) is 4.79 Å². The summed E-state index contributed by atoms with van der Waals surface area (Å²) in [5.41, 5.74) is 4.24. The van der Waals surface area contributed by atoms with E-state index in [0.29, 0.717) is 35.4 Å². The van der Waals surface area contributed by atoms with Gasteiger partial charge in [-0.2, -0.15) is 5.10 Å². The normalized spacial score (nSPS) is 12.7. The molecular formula is C21H20ClN3O3. The van der Waals surface area contributed by atoms with Crippen LogP contribution in [0.3, 0.4) is 0 Å². The Morgan fingerprint density at radius 3 is 2.57 bits per heavy atom. The molecule has 0 saturated carbocycles. The van der Waals surface area contributed by atoms with Crippen LogP contribution in [0, 0.1) is 13.8 Å². The van der Waals surface area contributed by atoms with Crippen molar-refractivity contribution < 1.29 is 14.3 Å². The second-order valence-corrected chi connectivity index (χ2v) is 7.06. The first-order chi connectivity index (χ1) is 13.5. The molecule has 1 aliphatic rings. The van der Waals surface area contributed by atoms with Gasteiger partial charge in [0.1, 0.15) is 13.2 Å². The lowest BCUT2D eigenvalue weighted by atomic mass is 10.1. The molecule has 0 spiro atoms. The Morgan fingerprint density at radius 2 is 1.82 bits per heavy atom. The van der Waals surface area contributed by atoms with E-state index in [-0.39, 0.29) is 12.3 Å². The molecule has 2 heterocycles. The number of nitrogens with one attached hydrogen (secondary N) is 1. The van der Waals surface area contributed by atoms with Gasteiger partial charge in [0.05, 0.1) is 17.8 Å². The number of amides is 1. The third-order valence-electron chi connectivity index (χ3n) is 4.68. The van der Waals surface area contributed by atoms with Crippen molar-refractivity contribution in [2.45, 2.75) is 20.3 Å². The number of halogens is 1. The van der Waals surface area contributed by atoms with Gasteiger partial charge in [0.25, 0.3) is 0 Å². The van der Waals surface area contributed by atoms with Gasteiger partial charge < -0.3 is 14.8 Å². The van der Waals surface area contributed by atoms with Crippen LogP contribution in [0.15, 0.2) is 42.5 Å². The van der Waals surface area contributed by atoms with Crippen LogP contribution in [0.2, 0.25) is 5.02 Å². The van der Waals surface area contributed by atoms with Gasteiger partial charge in [0.15, 0.2) is 11.5 Å². The predicted octanol–water partition coefficient (Wildman–Crippen LogP) is 4.09. The smallest absolute Gasteiger partial charge is 0.228 e. The Balaban J connectivity index is 1.51. The molecule has 1 aromatic heterocycles. The Hall–Kier alpha value is -2.99. The summed E-state index contributed by atoms with van der Waals surface area (Å²) >= 11 is 5.97. The van der Waals surface area contributed by atoms with Crippen molar-refractivity contribution in [3.63, 3.8) is 0 Å². The van der Waals surface area contributed by atoms with Gasteiger partial charge in [0.2, 0.25) is 5.91 Å². The highest BCUT2D eigenvalue weighted by molar-refractivity contribution is 6.30. The van der Waals surface area contributed by atoms with Gasteiger partial charge in [-0.15, -0.1) is 0 Å². The van der Waals surface area contributed by atoms with E-state index in [2.05, 4.69) is 10.4 Å². The van der Waals surface area contributed by atoms with E-state index >= 15 is 0 Å². The van der Waals surface area contributed by atoms with Crippen LogP contribution < -0.4 is 14.8 Å². The molecule has 0 atom stereocenters. The van der Waals surface area contributed by atoms with E-state index in [1.54, 1.807) is 12.1 Å². The molecule has 7 heteroatoms. The van der Waals surface area contributed by atoms with Crippen LogP contribution in [0.5, 0.6) is 11.5 Å². The zero-order valence-electron chi connectivity index (χ0n) is 15.7. The van der Waals surface area contributed by atoms with Crippen molar-refractivity contribution in [2.75, 3.05) is 18.5 Å². The van der Waals surface area contributed by atoms with Gasteiger partial charge in [-0.1, -0.05) is 11.6 Å². The minimum absolute atomic E-state index is 0.112. The van der Waals surface area contributed by atoms with Crippen LogP contribution in [0.1, 0.15) is 17.0 Å². The monoisotopic (exact) mass is 397 g/mol. The molecule has 1 amide bonds. The number of aryl methyl sites for hydroxylation is 1. The maximum atomic E-state index is 12.6. The zero-order valence-corrected chi connectivity index (χ0v) is 16.4. The zero-order chi connectivity index (χ0) is 19.7. The summed E-state index contributed by atoms with van der Waals surface area (Å²) in [4.78, 5) is 12.6. The van der Waals surface area contributed by atoms with Gasteiger partial charge in [-0.25, -0.2) is 4.68 Å². The first kappa shape index (κ1) is 18.4. The van der Waals surface area contributed by atoms with E-state index < -0.39 is 0 Å². The Bertz CT molecular complexity index is 1030. The largest absolute Gasteiger partial charge is 0.486 e. The number of rotatable bonds is 4. The summed E-state index contributed by atoms with van der Waals surface area (Å²) in [6, 6.07) is 12.8. The maximum Gasteiger partial charge on any atom is 0.228 e. The van der Waals surface area contributed by atoms with Gasteiger partial charge >= 0.3 is 0 Å². The van der Waals surface area contributed by atoms with Crippen LogP contribution in [-0.4, -0.2) is 28.9 Å². The second-order valence-electron chi connectivity index (χ2n) is 6.62. The number of carbonyl (C=O) groups is 1. The number of aromatic nitrogens is 2. The van der Waals surface area contributed by atoms with Crippen LogP contribution in [0.25, 0.3) is 5.69 Å². The van der Waals surface area contributed by atoms with E-state index in [1.165, 1.54) is 0 Å². The molecule has 0 radical (unpaired) electrons. The third-order valence-corrected chi connectivity index (χ3v) is 4.93. The number of anilines is 1. The van der Waals surface area contributed by atoms with Crippen molar-refractivity contribution in [3.05, 3.63) is 64.4 Å². The molecule has 6 nitrogen and oxygen atoms in total. The molecule has 0 bridgehead atoms. The first-order valence-electron chi connectivity index (χ1n) is 9.02. The number of fused-ring (bicyclic) bond motifs is 1. The second kappa shape index (κ2) is 7.56. The lowest BCUT2D eigenvalue weighted by Crippen LogP contribution is -2.17. The van der Waals surface area contributed by atoms with Gasteiger partial charge in [-0.05, 0) is 50.2 Å². The summed E-state index contributed by atoms with van der Waals surface area (Å²) in [5, 5.41) is 8.18. The fourth-order valence-corrected chi connectivity index (χ4v) is 3.38. The van der Waals surface area contributed by atoms with Crippen molar-refractivity contribution in [1.29, 1.82) is 0 Å². The molecule has 144 valence electrons. The van der Waals surface area contributed by atoms with Crippen LogP contribution in [-0.2, 0) is 11.2 Å². The molecule has 0 saturated heterocycles. The van der Waals surface area contributed by atoms with Gasteiger partial charge in [0, 0.05) is 28.0 Å². The summed E-state index contributed by atoms with van der Waals surface area (Å²) in [5.74, 6) is 1.23. The third kappa shape index (κ3) is 3.68. The minimum Gasteiger partial charge on any atom is -0.486 e. The number of hydrogen-bond donors (Lipinski definition) is 1. The highest BCUT2D eigenvalue weighted by Crippen LogP contribution is 2.32. The van der Waals surface area contributed by atoms with E-state index in [0.717, 1.165) is 22.6 Å². The van der Waals surface area contributed by atoms with Crippen LogP contribution >= 0.6 is 11.6 Å². The fourth-order valence-electron chi connectivity index (χ4n) is 3.25. The lowest BCUT2D eigenvalue weighted by molar-refractivity contribution is -0.115. The summed E-state index contributed by atoms with van der Waals surface area (Å²) < 4.78 is 12.9. The molecule has 1 N–H and O–H groups in total. The molecule has 28 heavy (non-hydrogen) atoms. The van der Waals surface area contributed by atoms with Gasteiger partial charge in [-0.3, -0.25) is 4.79 Å². The van der Waals surface area contributed by atoms with Crippen molar-refractivity contribution in [1.82, 2.24) is 9.78 Å². The number of nitrogens with zero attached hydrogens (tertiary/aromatic N) is 2. The average Bonchev–Trinajstić information content (AvgIpc) is 2.97. The van der Waals surface area contributed by atoms with Crippen molar-refractivity contribution >= 4 is 23.2 Å². The van der Waals surface area contributed by atoms with E-state index in [1.807, 2.05) is 48.9 Å². The Labute approximate surface area is 168 Å². The van der Waals surface area contributed by atoms with Crippen molar-refractivity contribution in [2.24, 2.45) is 0 Å². The molecule has 0 unspecified atom stereocenters. The molecular weight excluding hydrogens is 378 g/mol. The summed E-state index contributed by atoms with van der Waals surface area (Å²) in [6.07, 6.45) is 0.236. The van der Waals surface area contributed by atoms with Crippen molar-refractivity contribution in [3.8, 4) is 17.2 Å². The molecule has 2 aromatic carbocycles. The lowest BCUT2D eigenvalue weighted by Gasteiger charge is -2.19. The molecule has 0 aliphatic carbocycles. The molecule has 3 aromatic rings. The average molecular weight is 398 g/mol. The van der Waals surface area contributed by atoms with E-state index in [4.69, 9.17) is 21.1 Å². The molecule has 1 aliphatic heterocycles. The molecule has 4 rings (SSSR count). The Morgan fingerprint density at radius 1 is 1.11 bits per heavy atom. The number of hydrogen-bond acceptors (Lipinski definition) is 4. The SMILES string of the molecule is Cc1nn(-c2ccc(Cl)cc2)c(C)c1CC(=O)Nc1ccc2c(c1)OCCO2. The minimum atomic E-state index is -0.112. The summed E-state index contributed by atoms with van der Waals surface area (Å²) in [7, 11) is 0. The maximum absolute atomic E-state index is 12.6. The first-order valence-corrected chi connectivity index (χ1v) is 9.39. The Kier molecular flexibility index (Phi) is 4.96. The highest BCUT2D eigenvalue weighted by Gasteiger charge is 2.17. The standard InChI is InChI=1S/C21H20ClN3O3/c1-13-18(14(2)25(24-13)17-6-3-15(22)4-7-17)12-21(26)23-16-5-8-19-20(11-16)28-10-9-27-19/h3-8,11H,9-10,12H2,1-2H3,(H,23,26). The number of carbonyl (C=O) groups excluding carboxylic acids is 1. The fraction of sp³-hybridized carbons (Fsp3) is 0.238. The predicted molar refractivity (Wildman–Crippen MR) is 108 cm³/mol. The number of benzene rings is 2. The number of ether oxygens (including phenoxy) is 2. The highest BCUT2D eigenvalue weighted by atomic mass is 35.5. The molecule has 0 fully saturated rings. The quantitative estimate of drug-likeness (QED) is 0.720. The summed E-state index contributed by atoms with van der Waals surface area (Å²) in [6.45, 7) is 4.91. The topological polar surface area (TPSA) is 65.4 Å².